The van der Waals surface area contributed by atoms with Crippen LogP contribution in [0.1, 0.15) is 31.9 Å². The van der Waals surface area contributed by atoms with Gasteiger partial charge in [0.2, 0.25) is 0 Å². The highest BCUT2D eigenvalue weighted by Crippen LogP contribution is 2.17. The summed E-state index contributed by atoms with van der Waals surface area (Å²) in [6, 6.07) is 0. The van der Waals surface area contributed by atoms with Gasteiger partial charge in [0.05, 0.1) is 11.7 Å². The molecular formula is C11H17N3. The Morgan fingerprint density at radius 1 is 1.36 bits per heavy atom. The number of hydrogen-bond acceptors (Lipinski definition) is 2. The molecule has 76 valence electrons. The molecule has 14 heavy (non-hydrogen) atoms. The van der Waals surface area contributed by atoms with Gasteiger partial charge >= 0.3 is 0 Å². The van der Waals surface area contributed by atoms with Crippen LogP contribution >= 0.6 is 0 Å². The first-order valence-corrected chi connectivity index (χ1v) is 5.11. The molecule has 0 atom stereocenters. The van der Waals surface area contributed by atoms with Gasteiger partial charge in [0, 0.05) is 6.20 Å². The van der Waals surface area contributed by atoms with E-state index < -0.39 is 0 Å². The molecule has 0 aliphatic heterocycles. The zero-order valence-electron chi connectivity index (χ0n) is 9.26. The van der Waals surface area contributed by atoms with E-state index in [0.717, 1.165) is 23.0 Å². The third-order valence-electron chi connectivity index (χ3n) is 2.12. The van der Waals surface area contributed by atoms with Crippen molar-refractivity contribution in [3.05, 3.63) is 23.5 Å². The predicted octanol–water partition coefficient (Wildman–Crippen LogP) is 2.85. The Kier molecular flexibility index (Phi) is 3.63. The standard InChI is InChI=1S/C9H11N3.C2H6/c1-3-7-5-11-12-8-6(2)4-10-9(7)8;1-2/h4-5,10H,3H2,1-2H3;1-2H3. The maximum absolute atomic E-state index is 4.07. The maximum Gasteiger partial charge on any atom is 0.114 e. The van der Waals surface area contributed by atoms with E-state index in [1.165, 1.54) is 5.56 Å². The monoisotopic (exact) mass is 191 g/mol. The third-order valence-corrected chi connectivity index (χ3v) is 2.12. The number of aromatic nitrogens is 3. The first-order valence-electron chi connectivity index (χ1n) is 5.11. The van der Waals surface area contributed by atoms with Gasteiger partial charge in [-0.25, -0.2) is 0 Å². The normalized spacial score (nSPS) is 9.71. The quantitative estimate of drug-likeness (QED) is 0.753. The molecule has 0 aromatic carbocycles. The zero-order valence-corrected chi connectivity index (χ0v) is 9.26. The van der Waals surface area contributed by atoms with E-state index in [0.29, 0.717) is 0 Å². The van der Waals surface area contributed by atoms with Crippen molar-refractivity contribution < 1.29 is 0 Å². The molecule has 2 heterocycles. The first kappa shape index (κ1) is 10.7. The lowest BCUT2D eigenvalue weighted by Gasteiger charge is -1.96. The molecular weight excluding hydrogens is 174 g/mol. The number of nitrogens with zero attached hydrogens (tertiary/aromatic N) is 2. The Balaban J connectivity index is 0.000000461. The maximum atomic E-state index is 4.07. The topological polar surface area (TPSA) is 41.6 Å². The molecule has 3 heteroatoms. The second kappa shape index (κ2) is 4.74. The van der Waals surface area contributed by atoms with Crippen LogP contribution < -0.4 is 0 Å². The van der Waals surface area contributed by atoms with Crippen LogP contribution in [0.25, 0.3) is 11.0 Å². The van der Waals surface area contributed by atoms with Crippen molar-refractivity contribution >= 4 is 11.0 Å². The van der Waals surface area contributed by atoms with E-state index in [9.17, 15) is 0 Å². The van der Waals surface area contributed by atoms with Gasteiger partial charge in [-0.15, -0.1) is 5.10 Å². The van der Waals surface area contributed by atoms with Gasteiger partial charge < -0.3 is 4.98 Å². The molecule has 0 aliphatic rings. The molecule has 0 saturated heterocycles. The van der Waals surface area contributed by atoms with Crippen LogP contribution in [-0.4, -0.2) is 15.2 Å². The van der Waals surface area contributed by atoms with Crippen LogP contribution in [0.5, 0.6) is 0 Å². The molecule has 2 aromatic rings. The van der Waals surface area contributed by atoms with Gasteiger partial charge in [0.15, 0.2) is 0 Å². The fraction of sp³-hybridized carbons (Fsp3) is 0.455. The molecule has 0 unspecified atom stereocenters. The van der Waals surface area contributed by atoms with E-state index in [1.54, 1.807) is 0 Å². The minimum atomic E-state index is 0.992. The fourth-order valence-electron chi connectivity index (χ4n) is 1.38. The smallest absolute Gasteiger partial charge is 0.114 e. The largest absolute Gasteiger partial charge is 0.359 e. The first-order chi connectivity index (χ1) is 6.83. The Bertz CT molecular complexity index is 404. The summed E-state index contributed by atoms with van der Waals surface area (Å²) >= 11 is 0. The van der Waals surface area contributed by atoms with Crippen LogP contribution in [0.2, 0.25) is 0 Å². The van der Waals surface area contributed by atoms with E-state index >= 15 is 0 Å². The highest BCUT2D eigenvalue weighted by atomic mass is 15.1. The summed E-state index contributed by atoms with van der Waals surface area (Å²) in [5.74, 6) is 0. The molecule has 3 nitrogen and oxygen atoms in total. The highest BCUT2D eigenvalue weighted by Gasteiger charge is 2.04. The molecule has 0 saturated carbocycles. The number of aromatic amines is 1. The molecule has 0 radical (unpaired) electrons. The third kappa shape index (κ3) is 1.76. The van der Waals surface area contributed by atoms with Crippen LogP contribution in [0.4, 0.5) is 0 Å². The van der Waals surface area contributed by atoms with Crippen molar-refractivity contribution in [1.29, 1.82) is 0 Å². The summed E-state index contributed by atoms with van der Waals surface area (Å²) in [7, 11) is 0. The van der Waals surface area contributed by atoms with Gasteiger partial charge in [-0.2, -0.15) is 5.10 Å². The second-order valence-electron chi connectivity index (χ2n) is 2.92. The molecule has 1 N–H and O–H groups in total. The minimum Gasteiger partial charge on any atom is -0.359 e. The zero-order chi connectivity index (χ0) is 10.6. The second-order valence-corrected chi connectivity index (χ2v) is 2.92. The average Bonchev–Trinajstić information content (AvgIpc) is 2.64. The number of rotatable bonds is 1. The molecule has 2 aromatic heterocycles. The summed E-state index contributed by atoms with van der Waals surface area (Å²) in [6.07, 6.45) is 4.78. The number of H-pyrrole nitrogens is 1. The van der Waals surface area contributed by atoms with Crippen LogP contribution in [-0.2, 0) is 6.42 Å². The van der Waals surface area contributed by atoms with Crippen molar-refractivity contribution in [3.8, 4) is 0 Å². The number of hydrogen-bond donors (Lipinski definition) is 1. The number of nitrogens with one attached hydrogen (secondary N) is 1. The summed E-state index contributed by atoms with van der Waals surface area (Å²) in [5, 5.41) is 8.01. The lowest BCUT2D eigenvalue weighted by atomic mass is 10.2. The predicted molar refractivity (Wildman–Crippen MR) is 59.4 cm³/mol. The van der Waals surface area contributed by atoms with Crippen LogP contribution in [0, 0.1) is 6.92 Å². The summed E-state index contributed by atoms with van der Waals surface area (Å²) in [5.41, 5.74) is 4.51. The molecule has 0 fully saturated rings. The Labute approximate surface area is 84.6 Å². The highest BCUT2D eigenvalue weighted by molar-refractivity contribution is 5.80. The molecule has 0 aliphatic carbocycles. The van der Waals surface area contributed by atoms with E-state index in [1.807, 2.05) is 33.2 Å². The summed E-state index contributed by atoms with van der Waals surface area (Å²) in [4.78, 5) is 3.20. The molecule has 0 spiro atoms. The molecule has 0 bridgehead atoms. The SMILES string of the molecule is CC.CCc1cnnc2c(C)c[nH]c12. The van der Waals surface area contributed by atoms with Crippen LogP contribution in [0.15, 0.2) is 12.4 Å². The fourth-order valence-corrected chi connectivity index (χ4v) is 1.38. The van der Waals surface area contributed by atoms with Gasteiger partial charge in [0.1, 0.15) is 5.52 Å². The lowest BCUT2D eigenvalue weighted by molar-refractivity contribution is 1.02. The Morgan fingerprint density at radius 3 is 2.71 bits per heavy atom. The van der Waals surface area contributed by atoms with E-state index in [2.05, 4.69) is 22.1 Å². The van der Waals surface area contributed by atoms with E-state index in [-0.39, 0.29) is 0 Å². The van der Waals surface area contributed by atoms with Crippen molar-refractivity contribution in [3.63, 3.8) is 0 Å². The van der Waals surface area contributed by atoms with Crippen molar-refractivity contribution in [2.75, 3.05) is 0 Å². The Hall–Kier alpha value is -1.38. The van der Waals surface area contributed by atoms with Gasteiger partial charge in [-0.1, -0.05) is 20.8 Å². The van der Waals surface area contributed by atoms with Crippen LogP contribution in [0.3, 0.4) is 0 Å². The molecule has 2 rings (SSSR count). The van der Waals surface area contributed by atoms with E-state index in [4.69, 9.17) is 0 Å². The van der Waals surface area contributed by atoms with Crippen molar-refractivity contribution in [2.24, 2.45) is 0 Å². The van der Waals surface area contributed by atoms with Gasteiger partial charge in [-0.05, 0) is 24.5 Å². The number of aryl methyl sites for hydroxylation is 2. The Morgan fingerprint density at radius 2 is 2.07 bits per heavy atom. The van der Waals surface area contributed by atoms with Crippen molar-refractivity contribution in [2.45, 2.75) is 34.1 Å². The average molecular weight is 191 g/mol. The van der Waals surface area contributed by atoms with Gasteiger partial charge in [-0.3, -0.25) is 0 Å². The molecule has 0 amide bonds. The van der Waals surface area contributed by atoms with Crippen molar-refractivity contribution in [1.82, 2.24) is 15.2 Å². The number of fused-ring (bicyclic) bond motifs is 1. The lowest BCUT2D eigenvalue weighted by Crippen LogP contribution is -1.88. The minimum absolute atomic E-state index is 0.992. The van der Waals surface area contributed by atoms with Gasteiger partial charge in [0.25, 0.3) is 0 Å². The summed E-state index contributed by atoms with van der Waals surface area (Å²) < 4.78 is 0. The summed E-state index contributed by atoms with van der Waals surface area (Å²) in [6.45, 7) is 8.15.